The van der Waals surface area contributed by atoms with Crippen LogP contribution in [0.25, 0.3) is 0 Å². The average Bonchev–Trinajstić information content (AvgIpc) is 2.78. The second-order valence-electron chi connectivity index (χ2n) is 9.96. The summed E-state index contributed by atoms with van der Waals surface area (Å²) < 4.78 is 9.97. The topological polar surface area (TPSA) is 114 Å². The number of unbranched alkanes of at least 4 members (excludes halogenated alkanes) is 3. The van der Waals surface area contributed by atoms with E-state index in [1.807, 2.05) is 32.0 Å². The van der Waals surface area contributed by atoms with Gasteiger partial charge in [-0.05, 0) is 64.7 Å². The molecule has 0 heterocycles. The molecule has 0 saturated carbocycles. The predicted octanol–water partition coefficient (Wildman–Crippen LogP) is 3.96. The molecule has 36 heavy (non-hydrogen) atoms. The van der Waals surface area contributed by atoms with Gasteiger partial charge in [-0.1, -0.05) is 44.4 Å². The van der Waals surface area contributed by atoms with Crippen LogP contribution in [0.5, 0.6) is 0 Å². The lowest BCUT2D eigenvalue weighted by atomic mass is 9.93. The van der Waals surface area contributed by atoms with Gasteiger partial charge in [0.2, 0.25) is 11.8 Å². The minimum Gasteiger partial charge on any atom is -0.468 e. The molecule has 1 aromatic carbocycles. The number of amides is 3. The highest BCUT2D eigenvalue weighted by Crippen LogP contribution is 2.29. The molecule has 0 fully saturated rings. The monoisotopic (exact) mass is 505 g/mol. The summed E-state index contributed by atoms with van der Waals surface area (Å²) in [5, 5.41) is 5.21. The van der Waals surface area contributed by atoms with Gasteiger partial charge in [0.25, 0.3) is 0 Å². The van der Waals surface area contributed by atoms with Gasteiger partial charge < -0.3 is 25.0 Å². The van der Waals surface area contributed by atoms with Gasteiger partial charge in [-0.2, -0.15) is 0 Å². The van der Waals surface area contributed by atoms with E-state index >= 15 is 0 Å². The highest BCUT2D eigenvalue weighted by Gasteiger charge is 2.36. The van der Waals surface area contributed by atoms with Gasteiger partial charge in [0.05, 0.1) is 7.11 Å². The van der Waals surface area contributed by atoms with E-state index in [1.165, 1.54) is 12.0 Å². The van der Waals surface area contributed by atoms with Gasteiger partial charge in [-0.25, -0.2) is 4.79 Å². The molecular weight excluding hydrogens is 462 g/mol. The van der Waals surface area contributed by atoms with E-state index in [0.717, 1.165) is 30.4 Å². The molecule has 0 bridgehead atoms. The molecule has 9 heteroatoms. The molecule has 9 nitrogen and oxygen atoms in total. The Kier molecular flexibility index (Phi) is 12.4. The minimum atomic E-state index is -0.993. The summed E-state index contributed by atoms with van der Waals surface area (Å²) >= 11 is 0. The third-order valence-electron chi connectivity index (χ3n) is 5.65. The molecule has 3 amide bonds. The Balaban J connectivity index is 3.41. The van der Waals surface area contributed by atoms with Crippen LogP contribution in [0.2, 0.25) is 0 Å². The maximum Gasteiger partial charge on any atom is 0.408 e. The van der Waals surface area contributed by atoms with Crippen LogP contribution in [0.1, 0.15) is 83.0 Å². The standard InChI is InChI=1S/C27H43N3O6/c1-9-10-11-12-16-30(25(33)20(4)29-26(34)36-27(5,6)7)23(24(32)28-17-21(31)35-8)22-18(2)14-13-15-19(22)3/h13-15,20,23H,9-12,16-17H2,1-8H3,(H,28,32)(H,29,34). The van der Waals surface area contributed by atoms with Crippen molar-refractivity contribution >= 4 is 23.9 Å². The Morgan fingerprint density at radius 2 is 1.64 bits per heavy atom. The van der Waals surface area contributed by atoms with Gasteiger partial charge in [-0.15, -0.1) is 0 Å². The molecule has 0 spiro atoms. The van der Waals surface area contributed by atoms with Crippen molar-refractivity contribution in [2.45, 2.75) is 91.8 Å². The van der Waals surface area contributed by atoms with Crippen molar-refractivity contribution in [1.29, 1.82) is 0 Å². The number of hydrogen-bond acceptors (Lipinski definition) is 6. The van der Waals surface area contributed by atoms with Crippen molar-refractivity contribution in [2.75, 3.05) is 20.2 Å². The molecule has 1 rings (SSSR count). The number of carbonyl (C=O) groups is 4. The number of methoxy groups -OCH3 is 1. The number of carbonyl (C=O) groups excluding carboxylic acids is 4. The van der Waals surface area contributed by atoms with E-state index in [-0.39, 0.29) is 6.54 Å². The quantitative estimate of drug-likeness (QED) is 0.328. The first kappa shape index (κ1) is 30.9. The molecule has 2 N–H and O–H groups in total. The van der Waals surface area contributed by atoms with Crippen molar-refractivity contribution in [1.82, 2.24) is 15.5 Å². The maximum absolute atomic E-state index is 13.7. The lowest BCUT2D eigenvalue weighted by Crippen LogP contribution is -2.52. The van der Waals surface area contributed by atoms with Crippen LogP contribution in [0.4, 0.5) is 4.79 Å². The van der Waals surface area contributed by atoms with Crippen LogP contribution in [-0.2, 0) is 23.9 Å². The number of nitrogens with one attached hydrogen (secondary N) is 2. The summed E-state index contributed by atoms with van der Waals surface area (Å²) in [4.78, 5) is 52.8. The second-order valence-corrected chi connectivity index (χ2v) is 9.96. The molecule has 0 saturated heterocycles. The normalized spacial score (nSPS) is 12.8. The van der Waals surface area contributed by atoms with Crippen LogP contribution in [0.15, 0.2) is 18.2 Å². The highest BCUT2D eigenvalue weighted by atomic mass is 16.6. The van der Waals surface area contributed by atoms with Gasteiger partial charge in [0.15, 0.2) is 0 Å². The number of alkyl carbamates (subject to hydrolysis) is 1. The molecule has 0 radical (unpaired) electrons. The molecule has 0 aliphatic rings. The Bertz CT molecular complexity index is 889. The first-order valence-corrected chi connectivity index (χ1v) is 12.5. The van der Waals surface area contributed by atoms with Crippen LogP contribution in [-0.4, -0.2) is 60.6 Å². The summed E-state index contributed by atoms with van der Waals surface area (Å²) in [6.07, 6.45) is 2.87. The van der Waals surface area contributed by atoms with E-state index in [4.69, 9.17) is 4.74 Å². The first-order chi connectivity index (χ1) is 16.8. The minimum absolute atomic E-state index is 0.309. The van der Waals surface area contributed by atoms with Crippen LogP contribution in [0, 0.1) is 13.8 Å². The molecular formula is C27H43N3O6. The largest absolute Gasteiger partial charge is 0.468 e. The van der Waals surface area contributed by atoms with E-state index in [0.29, 0.717) is 18.5 Å². The third kappa shape index (κ3) is 9.87. The first-order valence-electron chi connectivity index (χ1n) is 12.5. The smallest absolute Gasteiger partial charge is 0.408 e. The maximum atomic E-state index is 13.7. The molecule has 0 aliphatic carbocycles. The van der Waals surface area contributed by atoms with Crippen molar-refractivity contribution in [3.8, 4) is 0 Å². The van der Waals surface area contributed by atoms with Gasteiger partial charge in [0.1, 0.15) is 24.2 Å². The second kappa shape index (κ2) is 14.5. The number of ether oxygens (including phenoxy) is 2. The molecule has 2 atom stereocenters. The van der Waals surface area contributed by atoms with Crippen molar-refractivity contribution in [3.63, 3.8) is 0 Å². The van der Waals surface area contributed by atoms with E-state index in [9.17, 15) is 19.2 Å². The summed E-state index contributed by atoms with van der Waals surface area (Å²) in [6, 6.07) is 3.72. The molecule has 1 aromatic rings. The summed E-state index contributed by atoms with van der Waals surface area (Å²) in [7, 11) is 1.24. The molecule has 0 aromatic heterocycles. The highest BCUT2D eigenvalue weighted by molar-refractivity contribution is 5.93. The summed E-state index contributed by atoms with van der Waals surface area (Å²) in [5.74, 6) is -1.51. The zero-order valence-electron chi connectivity index (χ0n) is 23.0. The van der Waals surface area contributed by atoms with E-state index in [1.54, 1.807) is 27.7 Å². The van der Waals surface area contributed by atoms with Crippen molar-refractivity contribution in [3.05, 3.63) is 34.9 Å². The fourth-order valence-electron chi connectivity index (χ4n) is 3.89. The molecule has 0 aliphatic heterocycles. The fourth-order valence-corrected chi connectivity index (χ4v) is 3.89. The fraction of sp³-hybridized carbons (Fsp3) is 0.630. The number of aryl methyl sites for hydroxylation is 2. The van der Waals surface area contributed by atoms with Gasteiger partial charge in [-0.3, -0.25) is 14.4 Å². The van der Waals surface area contributed by atoms with Crippen molar-refractivity contribution in [2.24, 2.45) is 0 Å². The Hall–Kier alpha value is -3.10. The number of benzene rings is 1. The number of nitrogens with zero attached hydrogens (tertiary/aromatic N) is 1. The molecule has 202 valence electrons. The van der Waals surface area contributed by atoms with Gasteiger partial charge in [0, 0.05) is 6.54 Å². The Morgan fingerprint density at radius 1 is 1.03 bits per heavy atom. The predicted molar refractivity (Wildman–Crippen MR) is 138 cm³/mol. The zero-order chi connectivity index (χ0) is 27.5. The van der Waals surface area contributed by atoms with Crippen LogP contribution >= 0.6 is 0 Å². The summed E-state index contributed by atoms with van der Waals surface area (Å²) in [6.45, 7) is 12.6. The summed E-state index contributed by atoms with van der Waals surface area (Å²) in [5.41, 5.74) is 1.65. The van der Waals surface area contributed by atoms with Crippen molar-refractivity contribution < 1.29 is 28.7 Å². The molecule has 2 unspecified atom stereocenters. The van der Waals surface area contributed by atoms with Crippen LogP contribution in [0.3, 0.4) is 0 Å². The van der Waals surface area contributed by atoms with E-state index in [2.05, 4.69) is 22.3 Å². The third-order valence-corrected chi connectivity index (χ3v) is 5.65. The zero-order valence-corrected chi connectivity index (χ0v) is 23.0. The lowest BCUT2D eigenvalue weighted by molar-refractivity contribution is -0.144. The van der Waals surface area contributed by atoms with E-state index < -0.39 is 41.6 Å². The van der Waals surface area contributed by atoms with Crippen LogP contribution < -0.4 is 10.6 Å². The SMILES string of the molecule is CCCCCCN(C(=O)C(C)NC(=O)OC(C)(C)C)C(C(=O)NCC(=O)OC)c1c(C)cccc1C. The average molecular weight is 506 g/mol. The lowest BCUT2D eigenvalue weighted by Gasteiger charge is -2.35. The Morgan fingerprint density at radius 3 is 2.17 bits per heavy atom. The van der Waals surface area contributed by atoms with Gasteiger partial charge >= 0.3 is 12.1 Å². The number of esters is 1. The number of hydrogen-bond donors (Lipinski definition) is 2. The Labute approximate surface area is 215 Å². The number of rotatable bonds is 12.